The second kappa shape index (κ2) is 7.93. The van der Waals surface area contributed by atoms with Gasteiger partial charge in [-0.2, -0.15) is 0 Å². The summed E-state index contributed by atoms with van der Waals surface area (Å²) in [7, 11) is 0. The number of piperidine rings is 1. The molecular formula is C25H28N6. The number of hydrogen-bond donors (Lipinski definition) is 0. The van der Waals surface area contributed by atoms with Crippen LogP contribution < -0.4 is 4.90 Å². The number of nitrogens with zero attached hydrogens (tertiary/aromatic N) is 6. The Morgan fingerprint density at radius 3 is 2.68 bits per heavy atom. The summed E-state index contributed by atoms with van der Waals surface area (Å²) in [6, 6.07) is 13.0. The van der Waals surface area contributed by atoms with Crippen molar-refractivity contribution in [2.75, 3.05) is 31.1 Å². The predicted octanol–water partition coefficient (Wildman–Crippen LogP) is 4.55. The maximum atomic E-state index is 4.72. The molecule has 6 nitrogen and oxygen atoms in total. The van der Waals surface area contributed by atoms with Gasteiger partial charge >= 0.3 is 0 Å². The molecule has 0 atom stereocenters. The third-order valence-corrected chi connectivity index (χ3v) is 6.82. The van der Waals surface area contributed by atoms with Crippen LogP contribution in [0.15, 0.2) is 49.1 Å². The van der Waals surface area contributed by atoms with Crippen molar-refractivity contribution < 1.29 is 0 Å². The van der Waals surface area contributed by atoms with E-state index in [9.17, 15) is 0 Å². The average molecular weight is 413 g/mol. The van der Waals surface area contributed by atoms with E-state index in [2.05, 4.69) is 60.7 Å². The summed E-state index contributed by atoms with van der Waals surface area (Å²) in [6.07, 6.45) is 9.98. The normalized spacial score (nSPS) is 17.0. The molecular weight excluding hydrogens is 384 g/mol. The van der Waals surface area contributed by atoms with Crippen LogP contribution >= 0.6 is 0 Å². The Balaban J connectivity index is 1.30. The summed E-state index contributed by atoms with van der Waals surface area (Å²) in [4.78, 5) is 18.9. The second-order valence-electron chi connectivity index (χ2n) is 8.78. The van der Waals surface area contributed by atoms with E-state index in [-0.39, 0.29) is 0 Å². The first kappa shape index (κ1) is 18.8. The fourth-order valence-corrected chi connectivity index (χ4v) is 5.19. The van der Waals surface area contributed by atoms with Crippen LogP contribution in [0.5, 0.6) is 0 Å². The first-order valence-corrected chi connectivity index (χ1v) is 11.5. The van der Waals surface area contributed by atoms with Crippen LogP contribution in [0.3, 0.4) is 0 Å². The highest BCUT2D eigenvalue weighted by molar-refractivity contribution is 6.00. The Kier molecular flexibility index (Phi) is 4.80. The third-order valence-electron chi connectivity index (χ3n) is 6.82. The number of hydrogen-bond acceptors (Lipinski definition) is 5. The zero-order valence-corrected chi connectivity index (χ0v) is 17.9. The molecule has 0 N–H and O–H groups in total. The fourth-order valence-electron chi connectivity index (χ4n) is 5.19. The van der Waals surface area contributed by atoms with Gasteiger partial charge in [0, 0.05) is 24.2 Å². The highest BCUT2D eigenvalue weighted by Crippen LogP contribution is 2.37. The summed E-state index contributed by atoms with van der Waals surface area (Å²) in [6.45, 7) is 5.64. The molecule has 1 fully saturated rings. The lowest BCUT2D eigenvalue weighted by Crippen LogP contribution is -2.31. The van der Waals surface area contributed by atoms with E-state index in [1.165, 1.54) is 50.1 Å². The van der Waals surface area contributed by atoms with Gasteiger partial charge in [0.25, 0.3) is 0 Å². The molecule has 4 heterocycles. The van der Waals surface area contributed by atoms with Crippen molar-refractivity contribution >= 4 is 33.4 Å². The van der Waals surface area contributed by atoms with Gasteiger partial charge in [0.1, 0.15) is 12.1 Å². The number of rotatable bonds is 5. The van der Waals surface area contributed by atoms with Crippen LogP contribution in [0.1, 0.15) is 31.2 Å². The predicted molar refractivity (Wildman–Crippen MR) is 125 cm³/mol. The van der Waals surface area contributed by atoms with Crippen molar-refractivity contribution in [3.63, 3.8) is 0 Å². The van der Waals surface area contributed by atoms with Gasteiger partial charge in [0.2, 0.25) is 0 Å². The van der Waals surface area contributed by atoms with Crippen LogP contribution in [0.2, 0.25) is 0 Å². The number of benzene rings is 2. The van der Waals surface area contributed by atoms with Crippen LogP contribution in [-0.2, 0) is 13.0 Å². The summed E-state index contributed by atoms with van der Waals surface area (Å²) in [5.74, 6) is 0.983. The molecule has 4 aromatic rings. The molecule has 2 aliphatic heterocycles. The van der Waals surface area contributed by atoms with E-state index in [0.29, 0.717) is 0 Å². The molecule has 2 aromatic carbocycles. The Hall–Kier alpha value is -2.99. The lowest BCUT2D eigenvalue weighted by atomic mass is 10.1. The number of anilines is 2. The number of aromatic nitrogens is 4. The molecule has 158 valence electrons. The van der Waals surface area contributed by atoms with Gasteiger partial charge in [0.15, 0.2) is 0 Å². The number of imidazole rings is 1. The number of likely N-dealkylation sites (tertiary alicyclic amines) is 1. The van der Waals surface area contributed by atoms with Crippen LogP contribution in [-0.4, -0.2) is 50.6 Å². The van der Waals surface area contributed by atoms with Crippen LogP contribution in [0.4, 0.5) is 11.5 Å². The minimum absolute atomic E-state index is 0.953. The van der Waals surface area contributed by atoms with Crippen molar-refractivity contribution in [3.8, 4) is 0 Å². The van der Waals surface area contributed by atoms with Crippen molar-refractivity contribution in [1.29, 1.82) is 0 Å². The molecule has 1 saturated heterocycles. The van der Waals surface area contributed by atoms with Gasteiger partial charge < -0.3 is 14.4 Å². The van der Waals surface area contributed by atoms with E-state index >= 15 is 0 Å². The highest BCUT2D eigenvalue weighted by atomic mass is 15.2. The van der Waals surface area contributed by atoms with Crippen LogP contribution in [0, 0.1) is 0 Å². The van der Waals surface area contributed by atoms with Gasteiger partial charge in [-0.05, 0) is 69.1 Å². The lowest BCUT2D eigenvalue weighted by Gasteiger charge is -2.26. The highest BCUT2D eigenvalue weighted by Gasteiger charge is 2.23. The quantitative estimate of drug-likeness (QED) is 0.481. The zero-order valence-electron chi connectivity index (χ0n) is 17.9. The minimum Gasteiger partial charge on any atom is -0.330 e. The summed E-state index contributed by atoms with van der Waals surface area (Å²) >= 11 is 0. The van der Waals surface area contributed by atoms with E-state index in [1.54, 1.807) is 6.33 Å². The molecule has 0 aliphatic carbocycles. The minimum atomic E-state index is 0.953. The topological polar surface area (TPSA) is 50.1 Å². The van der Waals surface area contributed by atoms with Gasteiger partial charge in [-0.3, -0.25) is 0 Å². The molecule has 0 bridgehead atoms. The third kappa shape index (κ3) is 3.45. The SMILES string of the molecule is c1ccc2c(c1)CCN2c1ncnc2cc3c(cc12)ncn3CCCN1CCCCC1. The monoisotopic (exact) mass is 412 g/mol. The Labute approximate surface area is 182 Å². The van der Waals surface area contributed by atoms with Gasteiger partial charge in [0.05, 0.1) is 22.9 Å². The molecule has 2 aromatic heterocycles. The second-order valence-corrected chi connectivity index (χ2v) is 8.78. The van der Waals surface area contributed by atoms with E-state index in [4.69, 9.17) is 4.98 Å². The van der Waals surface area contributed by atoms with Gasteiger partial charge in [-0.15, -0.1) is 0 Å². The number of para-hydroxylation sites is 1. The summed E-state index contributed by atoms with van der Waals surface area (Å²) < 4.78 is 2.28. The lowest BCUT2D eigenvalue weighted by molar-refractivity contribution is 0.223. The molecule has 0 spiro atoms. The molecule has 0 radical (unpaired) electrons. The van der Waals surface area contributed by atoms with E-state index in [1.807, 2.05) is 6.33 Å². The average Bonchev–Trinajstić information content (AvgIpc) is 3.42. The summed E-state index contributed by atoms with van der Waals surface area (Å²) in [5, 5.41) is 1.07. The molecule has 2 aliphatic rings. The van der Waals surface area contributed by atoms with Gasteiger partial charge in [-0.1, -0.05) is 24.6 Å². The number of fused-ring (bicyclic) bond motifs is 3. The molecule has 6 heteroatoms. The van der Waals surface area contributed by atoms with Gasteiger partial charge in [-0.25, -0.2) is 15.0 Å². The van der Waals surface area contributed by atoms with Crippen molar-refractivity contribution in [2.45, 2.75) is 38.6 Å². The summed E-state index contributed by atoms with van der Waals surface area (Å²) in [5.41, 5.74) is 5.81. The fraction of sp³-hybridized carbons (Fsp3) is 0.400. The molecule has 0 saturated carbocycles. The first-order valence-electron chi connectivity index (χ1n) is 11.5. The van der Waals surface area contributed by atoms with Crippen LogP contribution in [0.25, 0.3) is 21.9 Å². The van der Waals surface area contributed by atoms with E-state index in [0.717, 1.165) is 53.7 Å². The van der Waals surface area contributed by atoms with Crippen molar-refractivity contribution in [3.05, 3.63) is 54.6 Å². The molecule has 6 rings (SSSR count). The molecule has 31 heavy (non-hydrogen) atoms. The van der Waals surface area contributed by atoms with E-state index < -0.39 is 0 Å². The Bertz CT molecular complexity index is 1220. The molecule has 0 amide bonds. The zero-order chi connectivity index (χ0) is 20.6. The Morgan fingerprint density at radius 1 is 0.839 bits per heavy atom. The first-order chi connectivity index (χ1) is 15.4. The maximum Gasteiger partial charge on any atom is 0.144 e. The largest absolute Gasteiger partial charge is 0.330 e. The van der Waals surface area contributed by atoms with Crippen molar-refractivity contribution in [2.24, 2.45) is 0 Å². The maximum absolute atomic E-state index is 4.72. The Morgan fingerprint density at radius 2 is 1.74 bits per heavy atom. The standard InChI is InChI=1S/C25H28N6/c1-4-10-29(11-5-1)12-6-13-30-18-28-22-15-20-21(16-24(22)30)26-17-27-25(20)31-14-9-19-7-2-3-8-23(19)31/h2-3,7-8,15-18H,1,4-6,9-14H2. The molecule has 0 unspecified atom stereocenters. The number of aryl methyl sites for hydroxylation is 1. The van der Waals surface area contributed by atoms with Crippen molar-refractivity contribution in [1.82, 2.24) is 24.4 Å². The smallest absolute Gasteiger partial charge is 0.144 e.